The van der Waals surface area contributed by atoms with Crippen molar-refractivity contribution in [1.82, 2.24) is 9.78 Å². The van der Waals surface area contributed by atoms with Crippen LogP contribution in [0.4, 0.5) is 5.82 Å². The molecule has 3 aromatic rings. The van der Waals surface area contributed by atoms with Gasteiger partial charge >= 0.3 is 0 Å². The van der Waals surface area contributed by atoms with Crippen molar-refractivity contribution >= 4 is 23.1 Å². The molecule has 6 nitrogen and oxygen atoms in total. The molecule has 3 heterocycles. The number of carbonyl (C=O) groups is 1. The predicted octanol–water partition coefficient (Wildman–Crippen LogP) is 2.77. The lowest BCUT2D eigenvalue weighted by atomic mass is 10.2. The van der Waals surface area contributed by atoms with Crippen LogP contribution in [0.2, 0.25) is 0 Å². The van der Waals surface area contributed by atoms with E-state index in [2.05, 4.69) is 10.4 Å². The van der Waals surface area contributed by atoms with E-state index in [1.54, 1.807) is 34.3 Å². The van der Waals surface area contributed by atoms with E-state index >= 15 is 0 Å². The number of rotatable bonds is 4. The Hall–Kier alpha value is -2.80. The molecule has 4 rings (SSSR count). The molecule has 1 aliphatic rings. The SMILES string of the molecule is O=C(Nc1ccnn1Cc1cccs1)C1COc2ccccc2O1. The third kappa shape index (κ3) is 2.98. The quantitative estimate of drug-likeness (QED) is 0.792. The van der Waals surface area contributed by atoms with Crippen molar-refractivity contribution in [3.8, 4) is 11.5 Å². The number of benzene rings is 1. The van der Waals surface area contributed by atoms with Crippen LogP contribution in [0.15, 0.2) is 54.0 Å². The second-order valence-electron chi connectivity index (χ2n) is 5.31. The monoisotopic (exact) mass is 341 g/mol. The zero-order valence-corrected chi connectivity index (χ0v) is 13.5. The maximum Gasteiger partial charge on any atom is 0.270 e. The Labute approximate surface area is 142 Å². The minimum absolute atomic E-state index is 0.182. The molecule has 0 radical (unpaired) electrons. The van der Waals surface area contributed by atoms with Gasteiger partial charge in [0.25, 0.3) is 5.91 Å². The first kappa shape index (κ1) is 14.8. The van der Waals surface area contributed by atoms with Crippen LogP contribution in [0.3, 0.4) is 0 Å². The first-order valence-corrected chi connectivity index (χ1v) is 8.41. The van der Waals surface area contributed by atoms with Gasteiger partial charge in [0.2, 0.25) is 6.10 Å². The number of carbonyl (C=O) groups excluding carboxylic acids is 1. The Morgan fingerprint density at radius 2 is 2.12 bits per heavy atom. The van der Waals surface area contributed by atoms with Crippen molar-refractivity contribution in [3.63, 3.8) is 0 Å². The van der Waals surface area contributed by atoms with Crippen molar-refractivity contribution in [2.45, 2.75) is 12.6 Å². The minimum Gasteiger partial charge on any atom is -0.485 e. The molecule has 1 amide bonds. The molecule has 2 aromatic heterocycles. The molecule has 0 saturated carbocycles. The number of nitrogens with zero attached hydrogens (tertiary/aromatic N) is 2. The number of hydrogen-bond acceptors (Lipinski definition) is 5. The Morgan fingerprint density at radius 3 is 2.96 bits per heavy atom. The summed E-state index contributed by atoms with van der Waals surface area (Å²) in [5.74, 6) is 1.62. The van der Waals surface area contributed by atoms with Gasteiger partial charge in [0.1, 0.15) is 12.4 Å². The average Bonchev–Trinajstić information content (AvgIpc) is 3.27. The Kier molecular flexibility index (Phi) is 3.92. The number of ether oxygens (including phenoxy) is 2. The van der Waals surface area contributed by atoms with Crippen molar-refractivity contribution in [3.05, 3.63) is 58.9 Å². The molecule has 1 aromatic carbocycles. The van der Waals surface area contributed by atoms with Crippen LogP contribution in [0.5, 0.6) is 11.5 Å². The largest absolute Gasteiger partial charge is 0.485 e. The van der Waals surface area contributed by atoms with Gasteiger partial charge in [-0.15, -0.1) is 11.3 Å². The molecule has 7 heteroatoms. The molecule has 0 aliphatic carbocycles. The fourth-order valence-corrected chi connectivity index (χ4v) is 3.16. The van der Waals surface area contributed by atoms with Gasteiger partial charge in [-0.05, 0) is 23.6 Å². The van der Waals surface area contributed by atoms with Crippen LogP contribution in [0.1, 0.15) is 4.88 Å². The summed E-state index contributed by atoms with van der Waals surface area (Å²) < 4.78 is 13.1. The van der Waals surface area contributed by atoms with E-state index in [0.717, 1.165) is 0 Å². The van der Waals surface area contributed by atoms with Gasteiger partial charge in [0.15, 0.2) is 11.5 Å². The van der Waals surface area contributed by atoms with Crippen LogP contribution >= 0.6 is 11.3 Å². The average molecular weight is 341 g/mol. The maximum absolute atomic E-state index is 12.5. The first-order chi connectivity index (χ1) is 11.8. The van der Waals surface area contributed by atoms with Gasteiger partial charge in [0.05, 0.1) is 12.7 Å². The summed E-state index contributed by atoms with van der Waals surface area (Å²) in [6.45, 7) is 0.799. The van der Waals surface area contributed by atoms with Crippen LogP contribution < -0.4 is 14.8 Å². The Morgan fingerprint density at radius 1 is 1.25 bits per heavy atom. The number of para-hydroxylation sites is 2. The van der Waals surface area contributed by atoms with E-state index < -0.39 is 6.10 Å². The summed E-state index contributed by atoms with van der Waals surface area (Å²) >= 11 is 1.65. The molecule has 0 fully saturated rings. The van der Waals surface area contributed by atoms with Gasteiger partial charge in [0, 0.05) is 10.9 Å². The van der Waals surface area contributed by atoms with Crippen LogP contribution in [-0.4, -0.2) is 28.4 Å². The second-order valence-corrected chi connectivity index (χ2v) is 6.34. The fraction of sp³-hybridized carbons (Fsp3) is 0.176. The van der Waals surface area contributed by atoms with Crippen molar-refractivity contribution in [2.24, 2.45) is 0 Å². The van der Waals surface area contributed by atoms with E-state index in [1.807, 2.05) is 35.7 Å². The molecule has 122 valence electrons. The van der Waals surface area contributed by atoms with Crippen LogP contribution in [0, 0.1) is 0 Å². The molecular formula is C17H15N3O3S. The predicted molar refractivity (Wildman–Crippen MR) is 90.6 cm³/mol. The summed E-state index contributed by atoms with van der Waals surface area (Å²) in [4.78, 5) is 13.6. The van der Waals surface area contributed by atoms with E-state index in [-0.39, 0.29) is 12.5 Å². The summed E-state index contributed by atoms with van der Waals surface area (Å²) in [6, 6.07) is 13.1. The Balaban J connectivity index is 1.45. The molecular weight excluding hydrogens is 326 g/mol. The lowest BCUT2D eigenvalue weighted by molar-refractivity contribution is -0.125. The molecule has 1 atom stereocenters. The molecule has 24 heavy (non-hydrogen) atoms. The highest BCUT2D eigenvalue weighted by Gasteiger charge is 2.27. The highest BCUT2D eigenvalue weighted by molar-refractivity contribution is 7.09. The maximum atomic E-state index is 12.5. The summed E-state index contributed by atoms with van der Waals surface area (Å²) in [5, 5.41) is 9.14. The van der Waals surface area contributed by atoms with Crippen molar-refractivity contribution < 1.29 is 14.3 Å². The topological polar surface area (TPSA) is 65.4 Å². The minimum atomic E-state index is -0.690. The van der Waals surface area contributed by atoms with Gasteiger partial charge < -0.3 is 14.8 Å². The summed E-state index contributed by atoms with van der Waals surface area (Å²) in [7, 11) is 0. The molecule has 1 aliphatic heterocycles. The van der Waals surface area contributed by atoms with Crippen molar-refractivity contribution in [2.75, 3.05) is 11.9 Å². The van der Waals surface area contributed by atoms with E-state index in [9.17, 15) is 4.79 Å². The number of fused-ring (bicyclic) bond motifs is 1. The Bertz CT molecular complexity index is 844. The first-order valence-electron chi connectivity index (χ1n) is 7.53. The van der Waals surface area contributed by atoms with Gasteiger partial charge in [-0.3, -0.25) is 4.79 Å². The number of hydrogen-bond donors (Lipinski definition) is 1. The number of anilines is 1. The zero-order valence-electron chi connectivity index (χ0n) is 12.7. The van der Waals surface area contributed by atoms with Gasteiger partial charge in [-0.1, -0.05) is 18.2 Å². The number of amides is 1. The van der Waals surface area contributed by atoms with Gasteiger partial charge in [-0.2, -0.15) is 5.10 Å². The van der Waals surface area contributed by atoms with Crippen molar-refractivity contribution in [1.29, 1.82) is 0 Å². The molecule has 0 spiro atoms. The smallest absolute Gasteiger partial charge is 0.270 e. The third-order valence-electron chi connectivity index (χ3n) is 3.65. The standard InChI is InChI=1S/C17H15N3O3S/c21-17(15-11-22-13-5-1-2-6-14(13)23-15)19-16-7-8-18-20(16)10-12-4-3-9-24-12/h1-9,15H,10-11H2,(H,19,21). The number of aromatic nitrogens is 2. The van der Waals surface area contributed by atoms with E-state index in [4.69, 9.17) is 9.47 Å². The van der Waals surface area contributed by atoms with E-state index in [1.165, 1.54) is 4.88 Å². The second kappa shape index (κ2) is 6.37. The highest BCUT2D eigenvalue weighted by Crippen LogP contribution is 2.31. The van der Waals surface area contributed by atoms with Crippen LogP contribution in [0.25, 0.3) is 0 Å². The fourth-order valence-electron chi connectivity index (χ4n) is 2.47. The number of thiophene rings is 1. The highest BCUT2D eigenvalue weighted by atomic mass is 32.1. The summed E-state index contributed by atoms with van der Waals surface area (Å²) in [5.41, 5.74) is 0. The van der Waals surface area contributed by atoms with Gasteiger partial charge in [-0.25, -0.2) is 4.68 Å². The molecule has 0 saturated heterocycles. The lowest BCUT2D eigenvalue weighted by Crippen LogP contribution is -2.40. The molecule has 0 bridgehead atoms. The molecule has 1 N–H and O–H groups in total. The van der Waals surface area contributed by atoms with E-state index in [0.29, 0.717) is 23.9 Å². The lowest BCUT2D eigenvalue weighted by Gasteiger charge is -2.25. The zero-order chi connectivity index (χ0) is 16.4. The normalized spacial score (nSPS) is 15.9. The third-order valence-corrected chi connectivity index (χ3v) is 4.52. The molecule has 1 unspecified atom stereocenters. The van der Waals surface area contributed by atoms with Crippen LogP contribution in [-0.2, 0) is 11.3 Å². The summed E-state index contributed by atoms with van der Waals surface area (Å²) in [6.07, 6.45) is 0.974. The number of nitrogens with one attached hydrogen (secondary N) is 1.